The van der Waals surface area contributed by atoms with E-state index in [1.54, 1.807) is 0 Å². The van der Waals surface area contributed by atoms with E-state index < -0.39 is 14.2 Å². The Kier molecular flexibility index (Phi) is 13.1. The van der Waals surface area contributed by atoms with Crippen LogP contribution in [-0.2, 0) is 10.3 Å². The molecule has 23 heavy (non-hydrogen) atoms. The van der Waals surface area contributed by atoms with Gasteiger partial charge >= 0.3 is 0 Å². The molecule has 0 spiro atoms. The molecule has 0 aromatic carbocycles. The summed E-state index contributed by atoms with van der Waals surface area (Å²) in [7, 11) is -1.28. The van der Waals surface area contributed by atoms with Crippen molar-refractivity contribution in [3.05, 3.63) is 0 Å². The second-order valence-corrected chi connectivity index (χ2v) is 9.17. The number of quaternary nitrogens is 1. The van der Waals surface area contributed by atoms with Crippen molar-refractivity contribution < 1.29 is 16.9 Å². The summed E-state index contributed by atoms with van der Waals surface area (Å²) in [5.41, 5.74) is 0. The molecule has 0 atom stereocenters. The van der Waals surface area contributed by atoms with Gasteiger partial charge in [0.2, 0.25) is 0 Å². The highest BCUT2D eigenvalue weighted by molar-refractivity contribution is 7.79. The van der Waals surface area contributed by atoms with E-state index in [0.29, 0.717) is 6.54 Å². The molecule has 0 radical (unpaired) electrons. The van der Waals surface area contributed by atoms with Crippen LogP contribution in [0.5, 0.6) is 0 Å². The Morgan fingerprint density at radius 1 is 0.652 bits per heavy atom. The fourth-order valence-corrected chi connectivity index (χ4v) is 3.15. The Balaban J connectivity index is 3.29. The summed E-state index contributed by atoms with van der Waals surface area (Å²) in [5.74, 6) is 0. The highest BCUT2D eigenvalue weighted by atomic mass is 32.2. The average molecular weight is 350 g/mol. The first-order chi connectivity index (χ1) is 10.8. The Labute approximate surface area is 145 Å². The summed E-state index contributed by atoms with van der Waals surface area (Å²) < 4.78 is 32.7. The Morgan fingerprint density at radius 3 is 1.26 bits per heavy atom. The highest BCUT2D eigenvalue weighted by Gasteiger charge is 2.22. The van der Waals surface area contributed by atoms with Gasteiger partial charge in [0.05, 0.1) is 20.6 Å². The van der Waals surface area contributed by atoms with Crippen LogP contribution < -0.4 is 0 Å². The summed E-state index contributed by atoms with van der Waals surface area (Å²) in [4.78, 5) is 0. The maximum Gasteiger partial charge on any atom is 0.254 e. The first-order valence-electron chi connectivity index (χ1n) is 9.60. The topological polar surface area (TPSA) is 57.2 Å². The Bertz CT molecular complexity index is 366. The molecule has 0 amide bonds. The molecule has 0 saturated carbocycles. The molecule has 0 aromatic rings. The molecular formula is C18H39NO3S. The lowest BCUT2D eigenvalue weighted by molar-refractivity contribution is -0.768. The van der Waals surface area contributed by atoms with E-state index in [4.69, 9.17) is 0 Å². The highest BCUT2D eigenvalue weighted by Crippen LogP contribution is 2.14. The summed E-state index contributed by atoms with van der Waals surface area (Å²) in [5, 5.41) is 0. The van der Waals surface area contributed by atoms with Crippen molar-refractivity contribution in [1.29, 1.82) is 0 Å². The number of hydrogen-bond acceptors (Lipinski definition) is 3. The van der Waals surface area contributed by atoms with Gasteiger partial charge in [-0.2, -0.15) is 8.42 Å². The van der Waals surface area contributed by atoms with Crippen molar-refractivity contribution in [3.8, 4) is 0 Å². The van der Waals surface area contributed by atoms with Gasteiger partial charge in [0.15, 0.2) is 0 Å². The van der Waals surface area contributed by atoms with Crippen LogP contribution in [0.1, 0.15) is 96.8 Å². The predicted molar refractivity (Wildman–Crippen MR) is 97.0 cm³/mol. The van der Waals surface area contributed by atoms with E-state index in [-0.39, 0.29) is 0 Å². The van der Waals surface area contributed by atoms with Crippen molar-refractivity contribution in [2.45, 2.75) is 96.8 Å². The summed E-state index contributed by atoms with van der Waals surface area (Å²) in [6.45, 7) is 2.68. The summed E-state index contributed by atoms with van der Waals surface area (Å²) in [6, 6.07) is 0. The molecular weight excluding hydrogens is 310 g/mol. The van der Waals surface area contributed by atoms with E-state index in [2.05, 4.69) is 6.92 Å². The van der Waals surface area contributed by atoms with Crippen LogP contribution >= 0.6 is 0 Å². The van der Waals surface area contributed by atoms with Crippen molar-refractivity contribution in [1.82, 2.24) is 0 Å². The first kappa shape index (κ1) is 22.9. The second kappa shape index (κ2) is 13.2. The van der Waals surface area contributed by atoms with Crippen LogP contribution in [0.2, 0.25) is 0 Å². The first-order valence-corrected chi connectivity index (χ1v) is 11.0. The van der Waals surface area contributed by atoms with E-state index in [0.717, 1.165) is 19.3 Å². The standard InChI is InChI=1S/C18H39NO3S/c1-4-5-6-7-8-9-10-11-12-13-14-15-16-17-18-19(2,3)23(20,21)22/h4-18H2,1-3H3. The number of unbranched alkanes of at least 4 members (excludes halogenated alkanes) is 13. The maximum absolute atomic E-state index is 11.0. The van der Waals surface area contributed by atoms with Gasteiger partial charge in [-0.25, -0.2) is 3.89 Å². The van der Waals surface area contributed by atoms with Gasteiger partial charge in [0.1, 0.15) is 0 Å². The summed E-state index contributed by atoms with van der Waals surface area (Å²) in [6.07, 6.45) is 17.9. The number of nitrogens with zero attached hydrogens (tertiary/aromatic N) is 1. The smallest absolute Gasteiger partial charge is 0.254 e. The molecule has 0 aromatic heterocycles. The third-order valence-corrected chi connectivity index (χ3v) is 6.05. The fourth-order valence-electron chi connectivity index (χ4n) is 2.80. The molecule has 5 heteroatoms. The molecule has 0 aliphatic carbocycles. The van der Waals surface area contributed by atoms with E-state index in [9.17, 15) is 13.0 Å². The van der Waals surface area contributed by atoms with Gasteiger partial charge in [-0.3, -0.25) is 0 Å². The van der Waals surface area contributed by atoms with Gasteiger partial charge in [0.25, 0.3) is 10.3 Å². The Morgan fingerprint density at radius 2 is 0.957 bits per heavy atom. The maximum atomic E-state index is 11.0. The zero-order valence-electron chi connectivity index (χ0n) is 15.7. The van der Waals surface area contributed by atoms with E-state index in [1.165, 1.54) is 84.7 Å². The van der Waals surface area contributed by atoms with Crippen molar-refractivity contribution in [2.75, 3.05) is 20.6 Å². The zero-order valence-corrected chi connectivity index (χ0v) is 16.5. The third kappa shape index (κ3) is 12.9. The van der Waals surface area contributed by atoms with Gasteiger partial charge < -0.3 is 4.55 Å². The van der Waals surface area contributed by atoms with Crippen LogP contribution in [0, 0.1) is 0 Å². The molecule has 0 unspecified atom stereocenters. The lowest BCUT2D eigenvalue weighted by Gasteiger charge is -2.30. The Hall–Kier alpha value is -0.130. The van der Waals surface area contributed by atoms with E-state index >= 15 is 0 Å². The van der Waals surface area contributed by atoms with Gasteiger partial charge in [-0.15, -0.1) is 0 Å². The van der Waals surface area contributed by atoms with Crippen molar-refractivity contribution in [3.63, 3.8) is 0 Å². The minimum atomic E-state index is -4.23. The minimum Gasteiger partial charge on any atom is -0.702 e. The molecule has 0 fully saturated rings. The normalized spacial score (nSPS) is 12.7. The largest absolute Gasteiger partial charge is 0.702 e. The fraction of sp³-hybridized carbons (Fsp3) is 1.00. The number of rotatable bonds is 16. The molecule has 0 aliphatic heterocycles. The average Bonchev–Trinajstić information content (AvgIpc) is 2.46. The van der Waals surface area contributed by atoms with Crippen LogP contribution in [0.4, 0.5) is 0 Å². The molecule has 0 aliphatic rings. The molecule has 0 N–H and O–H groups in total. The molecule has 0 saturated heterocycles. The minimum absolute atomic E-state index is 0.421. The van der Waals surface area contributed by atoms with Crippen molar-refractivity contribution in [2.24, 2.45) is 0 Å². The molecule has 140 valence electrons. The van der Waals surface area contributed by atoms with E-state index in [1.807, 2.05) is 0 Å². The van der Waals surface area contributed by atoms with Crippen molar-refractivity contribution >= 4 is 10.3 Å². The predicted octanol–water partition coefficient (Wildman–Crippen LogP) is 5.00. The zero-order chi connectivity index (χ0) is 17.6. The quantitative estimate of drug-likeness (QED) is 0.224. The monoisotopic (exact) mass is 349 g/mol. The van der Waals surface area contributed by atoms with Gasteiger partial charge in [-0.05, 0) is 12.8 Å². The van der Waals surface area contributed by atoms with Crippen LogP contribution in [0.25, 0.3) is 0 Å². The van der Waals surface area contributed by atoms with Gasteiger partial charge in [0, 0.05) is 0 Å². The lowest BCUT2D eigenvalue weighted by atomic mass is 10.0. The number of hydrogen-bond donors (Lipinski definition) is 0. The lowest BCUT2D eigenvalue weighted by Crippen LogP contribution is -2.45. The third-order valence-electron chi connectivity index (χ3n) is 4.66. The summed E-state index contributed by atoms with van der Waals surface area (Å²) >= 11 is 0. The van der Waals surface area contributed by atoms with Crippen LogP contribution in [0.15, 0.2) is 0 Å². The second-order valence-electron chi connectivity index (χ2n) is 7.32. The molecule has 0 rings (SSSR count). The molecule has 0 heterocycles. The van der Waals surface area contributed by atoms with Gasteiger partial charge in [-0.1, -0.05) is 84.0 Å². The molecule has 4 nitrogen and oxygen atoms in total. The van der Waals surface area contributed by atoms with Crippen LogP contribution in [-0.4, -0.2) is 37.5 Å². The molecule has 0 bridgehead atoms. The van der Waals surface area contributed by atoms with Crippen LogP contribution in [0.3, 0.4) is 0 Å². The SMILES string of the molecule is CCCCCCCCCCCCCCCC[N+](C)(C)S(=O)(=O)[O-].